The van der Waals surface area contributed by atoms with Gasteiger partial charge in [-0.2, -0.15) is 0 Å². The Morgan fingerprint density at radius 3 is 2.63 bits per heavy atom. The summed E-state index contributed by atoms with van der Waals surface area (Å²) in [7, 11) is 2.18. The number of piperidine rings is 2. The quantitative estimate of drug-likeness (QED) is 0.812. The number of benzene rings is 1. The van der Waals surface area contributed by atoms with E-state index in [4.69, 9.17) is 11.6 Å². The van der Waals surface area contributed by atoms with Crippen molar-refractivity contribution in [3.05, 3.63) is 46.7 Å². The number of aromatic nitrogens is 3. The van der Waals surface area contributed by atoms with Crippen LogP contribution in [-0.2, 0) is 6.54 Å². The van der Waals surface area contributed by atoms with Gasteiger partial charge in [-0.05, 0) is 57.0 Å². The minimum Gasteiger partial charge on any atom is -0.337 e. The fourth-order valence-corrected chi connectivity index (χ4v) is 4.71. The first-order valence-electron chi connectivity index (χ1n) is 9.65. The summed E-state index contributed by atoms with van der Waals surface area (Å²) < 4.78 is 1.71. The molecule has 2 aromatic rings. The van der Waals surface area contributed by atoms with Gasteiger partial charge < -0.3 is 9.80 Å². The van der Waals surface area contributed by atoms with Gasteiger partial charge in [0.05, 0.1) is 12.7 Å². The van der Waals surface area contributed by atoms with Crippen LogP contribution in [0.15, 0.2) is 30.5 Å². The Hall–Kier alpha value is -1.92. The summed E-state index contributed by atoms with van der Waals surface area (Å²) in [4.78, 5) is 17.4. The zero-order valence-corrected chi connectivity index (χ0v) is 16.5. The number of carbonyl (C=O) groups is 1. The Bertz CT molecular complexity index is 801. The van der Waals surface area contributed by atoms with Gasteiger partial charge in [-0.1, -0.05) is 28.9 Å². The van der Waals surface area contributed by atoms with E-state index in [1.807, 2.05) is 29.2 Å². The van der Waals surface area contributed by atoms with Crippen LogP contribution in [-0.4, -0.2) is 63.9 Å². The third kappa shape index (κ3) is 4.17. The van der Waals surface area contributed by atoms with Crippen LogP contribution in [0.4, 0.5) is 0 Å². The van der Waals surface area contributed by atoms with E-state index in [0.29, 0.717) is 17.3 Å². The van der Waals surface area contributed by atoms with E-state index >= 15 is 0 Å². The molecule has 144 valence electrons. The minimum absolute atomic E-state index is 0.00431. The maximum Gasteiger partial charge on any atom is 0.276 e. The Kier molecular flexibility index (Phi) is 5.19. The third-order valence-electron chi connectivity index (χ3n) is 5.82. The van der Waals surface area contributed by atoms with Crippen molar-refractivity contribution < 1.29 is 4.79 Å². The van der Waals surface area contributed by atoms with Crippen LogP contribution in [0.1, 0.15) is 41.7 Å². The van der Waals surface area contributed by atoms with E-state index in [2.05, 4.69) is 22.3 Å². The van der Waals surface area contributed by atoms with Crippen LogP contribution >= 0.6 is 11.6 Å². The second-order valence-electron chi connectivity index (χ2n) is 8.10. The molecule has 1 aromatic heterocycles. The molecule has 0 radical (unpaired) electrons. The molecule has 4 rings (SSSR count). The summed E-state index contributed by atoms with van der Waals surface area (Å²) in [6, 6.07) is 7.63. The van der Waals surface area contributed by atoms with Gasteiger partial charge in [0.1, 0.15) is 0 Å². The SMILES string of the molecule is CN1CCC[C@]2(CCCN(C(=O)c3cn(Cc4ccc(Cl)cc4)nn3)C2)C1. The van der Waals surface area contributed by atoms with Gasteiger partial charge in [-0.3, -0.25) is 4.79 Å². The first-order valence-corrected chi connectivity index (χ1v) is 10.0. The molecule has 0 N–H and O–H groups in total. The first-order chi connectivity index (χ1) is 13.0. The van der Waals surface area contributed by atoms with Crippen molar-refractivity contribution in [2.24, 2.45) is 5.41 Å². The Morgan fingerprint density at radius 1 is 1.15 bits per heavy atom. The van der Waals surface area contributed by atoms with Gasteiger partial charge >= 0.3 is 0 Å². The highest BCUT2D eigenvalue weighted by Crippen LogP contribution is 2.38. The van der Waals surface area contributed by atoms with Gasteiger partial charge in [-0.15, -0.1) is 5.10 Å². The predicted molar refractivity (Wildman–Crippen MR) is 105 cm³/mol. The second kappa shape index (κ2) is 7.60. The molecule has 0 unspecified atom stereocenters. The summed E-state index contributed by atoms with van der Waals surface area (Å²) in [5.74, 6) is 0.00431. The number of rotatable bonds is 3. The summed E-state index contributed by atoms with van der Waals surface area (Å²) in [5, 5.41) is 8.99. The monoisotopic (exact) mass is 387 g/mol. The van der Waals surface area contributed by atoms with E-state index < -0.39 is 0 Å². The van der Waals surface area contributed by atoms with Crippen molar-refractivity contribution in [2.45, 2.75) is 32.2 Å². The van der Waals surface area contributed by atoms with Crippen molar-refractivity contribution in [1.82, 2.24) is 24.8 Å². The van der Waals surface area contributed by atoms with Crippen molar-refractivity contribution >= 4 is 17.5 Å². The summed E-state index contributed by atoms with van der Waals surface area (Å²) in [5.41, 5.74) is 1.76. The zero-order valence-electron chi connectivity index (χ0n) is 15.8. The summed E-state index contributed by atoms with van der Waals surface area (Å²) in [6.45, 7) is 4.47. The van der Waals surface area contributed by atoms with E-state index in [1.165, 1.54) is 19.3 Å². The molecule has 6 nitrogen and oxygen atoms in total. The standard InChI is InChI=1S/C20H26ClN5O/c1-24-10-2-8-20(14-24)9-3-11-25(15-20)19(27)18-13-26(23-22-18)12-16-4-6-17(21)7-5-16/h4-7,13H,2-3,8-12,14-15H2,1H3/t20-/m0/s1. The Balaban J connectivity index is 1.43. The minimum atomic E-state index is 0.00431. The van der Waals surface area contributed by atoms with Crippen molar-refractivity contribution in [3.63, 3.8) is 0 Å². The Morgan fingerprint density at radius 2 is 1.89 bits per heavy atom. The number of amides is 1. The number of hydrogen-bond donors (Lipinski definition) is 0. The normalized spacial score (nSPS) is 23.7. The van der Waals surface area contributed by atoms with Gasteiger partial charge in [0.2, 0.25) is 0 Å². The molecule has 27 heavy (non-hydrogen) atoms. The molecule has 7 heteroatoms. The fraction of sp³-hybridized carbons (Fsp3) is 0.550. The van der Waals surface area contributed by atoms with E-state index in [9.17, 15) is 4.79 Å². The van der Waals surface area contributed by atoms with Crippen LogP contribution in [0.5, 0.6) is 0 Å². The molecular formula is C20H26ClN5O. The summed E-state index contributed by atoms with van der Waals surface area (Å²) in [6.07, 6.45) is 6.47. The van der Waals surface area contributed by atoms with Crippen molar-refractivity contribution in [3.8, 4) is 0 Å². The number of hydrogen-bond acceptors (Lipinski definition) is 4. The highest BCUT2D eigenvalue weighted by atomic mass is 35.5. The van der Waals surface area contributed by atoms with Gasteiger partial charge in [0.25, 0.3) is 5.91 Å². The van der Waals surface area contributed by atoms with Crippen LogP contribution < -0.4 is 0 Å². The second-order valence-corrected chi connectivity index (χ2v) is 8.54. The number of likely N-dealkylation sites (tertiary alicyclic amines) is 2. The van der Waals surface area contributed by atoms with Crippen LogP contribution in [0.3, 0.4) is 0 Å². The first kappa shape index (κ1) is 18.4. The van der Waals surface area contributed by atoms with Gasteiger partial charge in [0.15, 0.2) is 5.69 Å². The average Bonchev–Trinajstić information content (AvgIpc) is 3.11. The number of nitrogens with zero attached hydrogens (tertiary/aromatic N) is 5. The lowest BCUT2D eigenvalue weighted by molar-refractivity contribution is 0.0203. The van der Waals surface area contributed by atoms with Crippen LogP contribution in [0, 0.1) is 5.41 Å². The predicted octanol–water partition coefficient (Wildman–Crippen LogP) is 2.93. The third-order valence-corrected chi connectivity index (χ3v) is 6.07. The molecule has 0 aliphatic carbocycles. The molecular weight excluding hydrogens is 362 g/mol. The molecule has 2 aliphatic heterocycles. The molecule has 1 aromatic carbocycles. The summed E-state index contributed by atoms with van der Waals surface area (Å²) >= 11 is 5.93. The maximum absolute atomic E-state index is 13.0. The van der Waals surface area contributed by atoms with Crippen LogP contribution in [0.2, 0.25) is 5.02 Å². The molecule has 3 heterocycles. The van der Waals surface area contributed by atoms with Crippen molar-refractivity contribution in [1.29, 1.82) is 0 Å². The lowest BCUT2D eigenvalue weighted by Crippen LogP contribution is -2.52. The van der Waals surface area contributed by atoms with Crippen molar-refractivity contribution in [2.75, 3.05) is 33.2 Å². The largest absolute Gasteiger partial charge is 0.337 e. The lowest BCUT2D eigenvalue weighted by atomic mass is 9.74. The van der Waals surface area contributed by atoms with E-state index in [0.717, 1.165) is 38.2 Å². The Labute approximate surface area is 165 Å². The number of carbonyl (C=O) groups excluding carboxylic acids is 1. The van der Waals surface area contributed by atoms with Gasteiger partial charge in [-0.25, -0.2) is 4.68 Å². The molecule has 1 atom stereocenters. The van der Waals surface area contributed by atoms with E-state index in [1.54, 1.807) is 10.9 Å². The maximum atomic E-state index is 13.0. The van der Waals surface area contributed by atoms with Crippen LogP contribution in [0.25, 0.3) is 0 Å². The molecule has 0 bridgehead atoms. The molecule has 2 saturated heterocycles. The molecule has 2 fully saturated rings. The van der Waals surface area contributed by atoms with Gasteiger partial charge in [0, 0.05) is 30.1 Å². The molecule has 1 amide bonds. The smallest absolute Gasteiger partial charge is 0.276 e. The molecule has 0 saturated carbocycles. The highest BCUT2D eigenvalue weighted by Gasteiger charge is 2.40. The van der Waals surface area contributed by atoms with E-state index in [-0.39, 0.29) is 11.3 Å². The molecule has 1 spiro atoms. The zero-order chi connectivity index (χ0) is 18.9. The lowest BCUT2D eigenvalue weighted by Gasteiger charge is -2.47. The fourth-order valence-electron chi connectivity index (χ4n) is 4.58. The number of halogens is 1. The highest BCUT2D eigenvalue weighted by molar-refractivity contribution is 6.30. The topological polar surface area (TPSA) is 54.3 Å². The average molecular weight is 388 g/mol. The molecule has 2 aliphatic rings.